The summed E-state index contributed by atoms with van der Waals surface area (Å²) in [5, 5.41) is 1.02. The third-order valence-corrected chi connectivity index (χ3v) is 4.40. The van der Waals surface area contributed by atoms with Gasteiger partial charge in [-0.05, 0) is 24.1 Å². The molecule has 21 heavy (non-hydrogen) atoms. The van der Waals surface area contributed by atoms with Crippen LogP contribution in [0.25, 0.3) is 20.8 Å². The molecule has 0 N–H and O–H groups in total. The SMILES string of the molecule is COC(=O)CCc1ccc2sc(-c3ccccc3)nc2c1. The molecule has 1 heterocycles. The molecule has 1 aromatic heterocycles. The fourth-order valence-corrected chi connectivity index (χ4v) is 3.13. The molecule has 2 aromatic carbocycles. The molecule has 0 aliphatic carbocycles. The second kappa shape index (κ2) is 6.06. The van der Waals surface area contributed by atoms with E-state index in [9.17, 15) is 4.79 Å². The van der Waals surface area contributed by atoms with E-state index in [0.29, 0.717) is 12.8 Å². The van der Waals surface area contributed by atoms with E-state index in [1.54, 1.807) is 11.3 Å². The number of aryl methyl sites for hydroxylation is 1. The van der Waals surface area contributed by atoms with Gasteiger partial charge in [0.25, 0.3) is 0 Å². The molecule has 0 atom stereocenters. The summed E-state index contributed by atoms with van der Waals surface area (Å²) >= 11 is 1.69. The van der Waals surface area contributed by atoms with Crippen LogP contribution in [0.4, 0.5) is 0 Å². The topological polar surface area (TPSA) is 39.2 Å². The lowest BCUT2D eigenvalue weighted by molar-refractivity contribution is -0.140. The first-order chi connectivity index (χ1) is 10.3. The van der Waals surface area contributed by atoms with Gasteiger partial charge in [-0.25, -0.2) is 4.98 Å². The lowest BCUT2D eigenvalue weighted by Gasteiger charge is -2.00. The highest BCUT2D eigenvalue weighted by Gasteiger charge is 2.07. The fraction of sp³-hybridized carbons (Fsp3) is 0.176. The van der Waals surface area contributed by atoms with Gasteiger partial charge in [-0.15, -0.1) is 11.3 Å². The summed E-state index contributed by atoms with van der Waals surface area (Å²) in [6, 6.07) is 16.4. The Balaban J connectivity index is 1.87. The fourth-order valence-electron chi connectivity index (χ4n) is 2.18. The summed E-state index contributed by atoms with van der Waals surface area (Å²) in [7, 11) is 1.41. The van der Waals surface area contributed by atoms with E-state index in [4.69, 9.17) is 4.98 Å². The Bertz CT molecular complexity index is 765. The van der Waals surface area contributed by atoms with Crippen LogP contribution in [0.15, 0.2) is 48.5 Å². The number of rotatable bonds is 4. The molecule has 0 spiro atoms. The maximum atomic E-state index is 11.2. The predicted octanol–water partition coefficient (Wildman–Crippen LogP) is 4.07. The Morgan fingerprint density at radius 2 is 2.00 bits per heavy atom. The van der Waals surface area contributed by atoms with E-state index >= 15 is 0 Å². The van der Waals surface area contributed by atoms with Gasteiger partial charge in [0.15, 0.2) is 0 Å². The number of hydrogen-bond donors (Lipinski definition) is 0. The van der Waals surface area contributed by atoms with Crippen LogP contribution in [-0.2, 0) is 16.0 Å². The maximum absolute atomic E-state index is 11.2. The predicted molar refractivity (Wildman–Crippen MR) is 85.4 cm³/mol. The third-order valence-electron chi connectivity index (χ3n) is 3.32. The van der Waals surface area contributed by atoms with Crippen molar-refractivity contribution < 1.29 is 9.53 Å². The average molecular weight is 297 g/mol. The van der Waals surface area contributed by atoms with Crippen LogP contribution in [0.2, 0.25) is 0 Å². The van der Waals surface area contributed by atoms with Crippen molar-refractivity contribution in [2.75, 3.05) is 7.11 Å². The standard InChI is InChI=1S/C17H15NO2S/c1-20-16(19)10-8-12-7-9-15-14(11-12)18-17(21-15)13-5-3-2-4-6-13/h2-7,9,11H,8,10H2,1H3. The smallest absolute Gasteiger partial charge is 0.305 e. The average Bonchev–Trinajstić information content (AvgIpc) is 2.96. The number of aromatic nitrogens is 1. The van der Waals surface area contributed by atoms with E-state index in [1.807, 2.05) is 18.2 Å². The molecule has 3 aromatic rings. The monoisotopic (exact) mass is 297 g/mol. The molecule has 0 bridgehead atoms. The molecule has 106 valence electrons. The lowest BCUT2D eigenvalue weighted by Crippen LogP contribution is -2.01. The molecule has 3 rings (SSSR count). The number of benzene rings is 2. The normalized spacial score (nSPS) is 10.7. The molecule has 0 saturated heterocycles. The van der Waals surface area contributed by atoms with Crippen LogP contribution in [0, 0.1) is 0 Å². The van der Waals surface area contributed by atoms with E-state index < -0.39 is 0 Å². The van der Waals surface area contributed by atoms with Crippen molar-refractivity contribution in [2.24, 2.45) is 0 Å². The number of carbonyl (C=O) groups excluding carboxylic acids is 1. The molecule has 0 aliphatic rings. The van der Waals surface area contributed by atoms with Crippen molar-refractivity contribution in [3.05, 3.63) is 54.1 Å². The van der Waals surface area contributed by atoms with Crippen molar-refractivity contribution in [1.82, 2.24) is 4.98 Å². The molecule has 0 saturated carbocycles. The zero-order valence-electron chi connectivity index (χ0n) is 11.7. The maximum Gasteiger partial charge on any atom is 0.305 e. The number of methoxy groups -OCH3 is 1. The first-order valence-corrected chi connectivity index (χ1v) is 7.59. The Hall–Kier alpha value is -2.20. The van der Waals surface area contributed by atoms with Crippen LogP contribution in [-0.4, -0.2) is 18.1 Å². The van der Waals surface area contributed by atoms with Gasteiger partial charge in [0.05, 0.1) is 17.3 Å². The van der Waals surface area contributed by atoms with Gasteiger partial charge in [-0.1, -0.05) is 36.4 Å². The van der Waals surface area contributed by atoms with Crippen LogP contribution >= 0.6 is 11.3 Å². The van der Waals surface area contributed by atoms with E-state index in [1.165, 1.54) is 7.11 Å². The van der Waals surface area contributed by atoms with Gasteiger partial charge < -0.3 is 4.74 Å². The number of carbonyl (C=O) groups is 1. The molecule has 0 fully saturated rings. The van der Waals surface area contributed by atoms with Crippen LogP contribution in [0.3, 0.4) is 0 Å². The van der Waals surface area contributed by atoms with E-state index in [-0.39, 0.29) is 5.97 Å². The summed E-state index contributed by atoms with van der Waals surface area (Å²) in [6.07, 6.45) is 1.08. The number of fused-ring (bicyclic) bond motifs is 1. The van der Waals surface area contributed by atoms with Crippen molar-refractivity contribution in [3.8, 4) is 10.6 Å². The van der Waals surface area contributed by atoms with Crippen molar-refractivity contribution in [2.45, 2.75) is 12.8 Å². The number of hydrogen-bond acceptors (Lipinski definition) is 4. The van der Waals surface area contributed by atoms with Crippen molar-refractivity contribution >= 4 is 27.5 Å². The Morgan fingerprint density at radius 3 is 2.76 bits per heavy atom. The minimum atomic E-state index is -0.182. The molecular weight excluding hydrogens is 282 g/mol. The molecule has 4 heteroatoms. The number of ether oxygens (including phenoxy) is 1. The summed E-state index contributed by atoms with van der Waals surface area (Å²) in [5.41, 5.74) is 3.23. The molecular formula is C17H15NO2S. The quantitative estimate of drug-likeness (QED) is 0.681. The minimum absolute atomic E-state index is 0.182. The Labute approximate surface area is 127 Å². The van der Waals surface area contributed by atoms with Gasteiger partial charge in [0.1, 0.15) is 5.01 Å². The Morgan fingerprint density at radius 1 is 1.19 bits per heavy atom. The van der Waals surface area contributed by atoms with Gasteiger partial charge in [0.2, 0.25) is 0 Å². The van der Waals surface area contributed by atoms with Crippen LogP contribution in [0.5, 0.6) is 0 Å². The van der Waals surface area contributed by atoms with Crippen molar-refractivity contribution in [1.29, 1.82) is 0 Å². The number of nitrogens with zero attached hydrogens (tertiary/aromatic N) is 1. The molecule has 0 unspecified atom stereocenters. The zero-order chi connectivity index (χ0) is 14.7. The van der Waals surface area contributed by atoms with Crippen LogP contribution in [0.1, 0.15) is 12.0 Å². The Kier molecular flexibility index (Phi) is 3.97. The lowest BCUT2D eigenvalue weighted by atomic mass is 10.1. The minimum Gasteiger partial charge on any atom is -0.469 e. The highest BCUT2D eigenvalue weighted by Crippen LogP contribution is 2.30. The van der Waals surface area contributed by atoms with E-state index in [0.717, 1.165) is 26.4 Å². The summed E-state index contributed by atoms with van der Waals surface area (Å²) in [6.45, 7) is 0. The summed E-state index contributed by atoms with van der Waals surface area (Å²) in [5.74, 6) is -0.182. The number of esters is 1. The second-order valence-electron chi connectivity index (χ2n) is 4.76. The highest BCUT2D eigenvalue weighted by atomic mass is 32.1. The molecule has 0 radical (unpaired) electrons. The first-order valence-electron chi connectivity index (χ1n) is 6.78. The summed E-state index contributed by atoms with van der Waals surface area (Å²) < 4.78 is 5.83. The third kappa shape index (κ3) is 3.11. The zero-order valence-corrected chi connectivity index (χ0v) is 12.5. The van der Waals surface area contributed by atoms with Gasteiger partial charge in [-0.3, -0.25) is 4.79 Å². The van der Waals surface area contributed by atoms with Crippen molar-refractivity contribution in [3.63, 3.8) is 0 Å². The molecule has 3 nitrogen and oxygen atoms in total. The number of thiazole rings is 1. The molecule has 0 amide bonds. The van der Waals surface area contributed by atoms with Crippen LogP contribution < -0.4 is 0 Å². The van der Waals surface area contributed by atoms with Gasteiger partial charge >= 0.3 is 5.97 Å². The first kappa shape index (κ1) is 13.8. The summed E-state index contributed by atoms with van der Waals surface area (Å²) in [4.78, 5) is 15.9. The van der Waals surface area contributed by atoms with E-state index in [2.05, 4.69) is 35.1 Å². The second-order valence-corrected chi connectivity index (χ2v) is 5.79. The highest BCUT2D eigenvalue weighted by molar-refractivity contribution is 7.21. The largest absolute Gasteiger partial charge is 0.469 e. The van der Waals surface area contributed by atoms with Gasteiger partial charge in [0, 0.05) is 12.0 Å². The molecule has 0 aliphatic heterocycles. The van der Waals surface area contributed by atoms with Gasteiger partial charge in [-0.2, -0.15) is 0 Å².